The maximum atomic E-state index is 11.7. The van der Waals surface area contributed by atoms with Crippen molar-refractivity contribution in [3.63, 3.8) is 0 Å². The van der Waals surface area contributed by atoms with Crippen LogP contribution in [0.25, 0.3) is 0 Å². The third kappa shape index (κ3) is 4.74. The molecule has 0 saturated carbocycles. The Morgan fingerprint density at radius 3 is 1.65 bits per heavy atom. The molecule has 0 radical (unpaired) electrons. The van der Waals surface area contributed by atoms with E-state index in [2.05, 4.69) is 9.05 Å². The average molecular weight is 292 g/mol. The van der Waals surface area contributed by atoms with E-state index in [9.17, 15) is 18.7 Å². The molecule has 0 aliphatic carbocycles. The van der Waals surface area contributed by atoms with Gasteiger partial charge in [0.1, 0.15) is 0 Å². The minimum absolute atomic E-state index is 0.498. The third-order valence-corrected chi connectivity index (χ3v) is 6.34. The first-order chi connectivity index (χ1) is 7.53. The van der Waals surface area contributed by atoms with E-state index < -0.39 is 39.3 Å². The Morgan fingerprint density at radius 2 is 1.47 bits per heavy atom. The van der Waals surface area contributed by atoms with E-state index in [0.717, 1.165) is 6.92 Å². The van der Waals surface area contributed by atoms with E-state index in [4.69, 9.17) is 20.0 Å². The molecule has 0 fully saturated rings. The van der Waals surface area contributed by atoms with Gasteiger partial charge in [0.25, 0.3) is 0 Å². The van der Waals surface area contributed by atoms with Gasteiger partial charge in [-0.15, -0.1) is 0 Å². The van der Waals surface area contributed by atoms with Crippen LogP contribution in [-0.2, 0) is 18.2 Å². The second-order valence-electron chi connectivity index (χ2n) is 2.73. The Bertz CT molecular complexity index is 376. The molecule has 1 atom stereocenters. The van der Waals surface area contributed by atoms with Crippen molar-refractivity contribution in [2.45, 2.75) is 18.7 Å². The highest BCUT2D eigenvalue weighted by atomic mass is 31.2. The largest absolute Gasteiger partial charge is 0.513 e. The van der Waals surface area contributed by atoms with E-state index in [1.165, 1.54) is 0 Å². The molecule has 0 bridgehead atoms. The Morgan fingerprint density at radius 1 is 1.12 bits per heavy atom. The zero-order chi connectivity index (χ0) is 13.9. The van der Waals surface area contributed by atoms with Gasteiger partial charge in [-0.05, 0) is 6.42 Å². The normalized spacial score (nSPS) is 13.8. The van der Waals surface area contributed by atoms with Crippen LogP contribution < -0.4 is 0 Å². The second kappa shape index (κ2) is 5.50. The monoisotopic (exact) mass is 292 g/mol. The predicted molar refractivity (Wildman–Crippen MR) is 51.9 cm³/mol. The summed E-state index contributed by atoms with van der Waals surface area (Å²) in [7, 11) is -10.1. The van der Waals surface area contributed by atoms with Crippen molar-refractivity contribution in [2.75, 3.05) is 0 Å². The van der Waals surface area contributed by atoms with Crippen LogP contribution in [0.3, 0.4) is 0 Å². The molecule has 4 N–H and O–H groups in total. The summed E-state index contributed by atoms with van der Waals surface area (Å²) >= 11 is 0. The van der Waals surface area contributed by atoms with Crippen LogP contribution in [0.1, 0.15) is 13.3 Å². The van der Waals surface area contributed by atoms with Gasteiger partial charge in [-0.25, -0.2) is 14.2 Å². The summed E-state index contributed by atoms with van der Waals surface area (Å²) in [5.41, 5.74) is 0. The molecule has 0 spiro atoms. The van der Waals surface area contributed by atoms with Gasteiger partial charge in [0, 0.05) is 0 Å². The van der Waals surface area contributed by atoms with Gasteiger partial charge >= 0.3 is 27.5 Å². The molecule has 0 heterocycles. The fourth-order valence-electron chi connectivity index (χ4n) is 1.00. The molecule has 1 unspecified atom stereocenters. The van der Waals surface area contributed by atoms with Crippen molar-refractivity contribution in [1.82, 2.24) is 0 Å². The van der Waals surface area contributed by atoms with Crippen LogP contribution in [0.2, 0.25) is 0 Å². The van der Waals surface area contributed by atoms with Crippen LogP contribution in [0.15, 0.2) is 0 Å². The molecular formula is C5H10O10P2. The van der Waals surface area contributed by atoms with Gasteiger partial charge in [-0.2, -0.15) is 0 Å². The standard InChI is InChI=1S/C5H10O10P2/c1-2-3(16(10,11)12)17(13,14-4(6)7)15-5(8)9/h3H,2H2,1H3,(H,6,7)(H,8,9)(H2,10,11,12). The number of hydrogen-bond donors (Lipinski definition) is 4. The molecule has 17 heavy (non-hydrogen) atoms. The van der Waals surface area contributed by atoms with Crippen molar-refractivity contribution in [2.24, 2.45) is 0 Å². The second-order valence-corrected chi connectivity index (χ2v) is 7.01. The summed E-state index contributed by atoms with van der Waals surface area (Å²) in [5, 5.41) is 14.3. The highest BCUT2D eigenvalue weighted by molar-refractivity contribution is 7.72. The molecular weight excluding hydrogens is 282 g/mol. The van der Waals surface area contributed by atoms with E-state index >= 15 is 0 Å². The molecule has 0 saturated heterocycles. The lowest BCUT2D eigenvalue weighted by molar-refractivity contribution is 0.118. The van der Waals surface area contributed by atoms with E-state index in [1.807, 2.05) is 0 Å². The van der Waals surface area contributed by atoms with E-state index in [0.29, 0.717) is 0 Å². The molecule has 0 aliphatic heterocycles. The molecule has 0 amide bonds. The fraction of sp³-hybridized carbons (Fsp3) is 0.600. The minimum Gasteiger partial charge on any atom is -0.449 e. The Balaban J connectivity index is 5.42. The number of hydrogen-bond acceptors (Lipinski definition) is 6. The molecule has 10 nitrogen and oxygen atoms in total. The van der Waals surface area contributed by atoms with Gasteiger partial charge in [-0.3, -0.25) is 4.57 Å². The van der Waals surface area contributed by atoms with Crippen molar-refractivity contribution >= 4 is 27.5 Å². The quantitative estimate of drug-likeness (QED) is 0.544. The summed E-state index contributed by atoms with van der Waals surface area (Å²) in [6.45, 7) is 1.16. The Labute approximate surface area is 94.9 Å². The third-order valence-electron chi connectivity index (χ3n) is 1.53. The van der Waals surface area contributed by atoms with Gasteiger partial charge in [0.2, 0.25) is 0 Å². The molecule has 12 heteroatoms. The highest BCUT2D eigenvalue weighted by Gasteiger charge is 2.51. The van der Waals surface area contributed by atoms with Crippen LogP contribution in [0, 0.1) is 0 Å². The molecule has 0 aromatic rings. The maximum absolute atomic E-state index is 11.7. The molecule has 0 aromatic carbocycles. The first-order valence-electron chi connectivity index (χ1n) is 4.03. The molecule has 0 aliphatic rings. The first kappa shape index (κ1) is 15.9. The van der Waals surface area contributed by atoms with Crippen molar-refractivity contribution in [3.8, 4) is 0 Å². The van der Waals surface area contributed by atoms with Crippen LogP contribution in [0.4, 0.5) is 9.59 Å². The molecule has 0 rings (SSSR count). The van der Waals surface area contributed by atoms with Crippen molar-refractivity contribution < 1.29 is 47.8 Å². The summed E-state index contributed by atoms with van der Waals surface area (Å²) in [6, 6.07) is 0. The minimum atomic E-state index is -5.05. The maximum Gasteiger partial charge on any atom is 0.513 e. The van der Waals surface area contributed by atoms with Crippen molar-refractivity contribution in [1.29, 1.82) is 0 Å². The Hall–Kier alpha value is -1.08. The number of rotatable bonds is 5. The zero-order valence-electron chi connectivity index (χ0n) is 8.42. The van der Waals surface area contributed by atoms with Gasteiger partial charge in [0.05, 0.1) is 0 Å². The summed E-state index contributed by atoms with van der Waals surface area (Å²) in [4.78, 5) is 38.1. The zero-order valence-corrected chi connectivity index (χ0v) is 10.2. The number of carbonyl (C=O) groups is 2. The van der Waals surface area contributed by atoms with Crippen LogP contribution in [-0.4, -0.2) is 37.7 Å². The summed E-state index contributed by atoms with van der Waals surface area (Å²) < 4.78 is 30.1. The lowest BCUT2D eigenvalue weighted by Crippen LogP contribution is -2.17. The topological polar surface area (TPSA) is 168 Å². The lowest BCUT2D eigenvalue weighted by Gasteiger charge is -2.22. The smallest absolute Gasteiger partial charge is 0.449 e. The lowest BCUT2D eigenvalue weighted by atomic mass is 10.6. The van der Waals surface area contributed by atoms with Gasteiger partial charge < -0.3 is 29.0 Å². The number of carboxylic acid groups (broad SMARTS) is 2. The summed E-state index contributed by atoms with van der Waals surface area (Å²) in [6.07, 6.45) is -4.83. The molecule has 0 aromatic heterocycles. The summed E-state index contributed by atoms with van der Waals surface area (Å²) in [5.74, 6) is 0. The first-order valence-corrected chi connectivity index (χ1v) is 7.32. The Kier molecular flexibility index (Phi) is 5.15. The van der Waals surface area contributed by atoms with E-state index in [1.54, 1.807) is 0 Å². The predicted octanol–water partition coefficient (Wildman–Crippen LogP) is 1.48. The van der Waals surface area contributed by atoms with Crippen LogP contribution >= 0.6 is 15.2 Å². The van der Waals surface area contributed by atoms with E-state index in [-0.39, 0.29) is 0 Å². The van der Waals surface area contributed by atoms with Crippen molar-refractivity contribution in [3.05, 3.63) is 0 Å². The highest BCUT2D eigenvalue weighted by Crippen LogP contribution is 2.67. The van der Waals surface area contributed by atoms with Gasteiger partial charge in [0.15, 0.2) is 5.40 Å². The van der Waals surface area contributed by atoms with Gasteiger partial charge in [-0.1, -0.05) is 6.92 Å². The van der Waals surface area contributed by atoms with Crippen LogP contribution in [0.5, 0.6) is 0 Å². The average Bonchev–Trinajstić information content (AvgIpc) is 1.96. The fourth-order valence-corrected chi connectivity index (χ4v) is 4.40. The SMILES string of the molecule is CCC(P(=O)(O)O)P(=O)(OC(=O)O)OC(=O)O. The molecule has 100 valence electrons.